The van der Waals surface area contributed by atoms with Gasteiger partial charge in [0, 0.05) is 38.4 Å². The molecule has 1 aliphatic heterocycles. The molecular formula is C12H17FN2O. The molecule has 0 aliphatic carbocycles. The van der Waals surface area contributed by atoms with Crippen molar-refractivity contribution >= 4 is 5.69 Å². The molecule has 1 heterocycles. The van der Waals surface area contributed by atoms with Gasteiger partial charge in [0.1, 0.15) is 5.82 Å². The largest absolute Gasteiger partial charge is 0.395 e. The van der Waals surface area contributed by atoms with Gasteiger partial charge in [-0.05, 0) is 18.2 Å². The third kappa shape index (κ3) is 2.71. The molecule has 0 amide bonds. The SMILES string of the molecule is OCCN1CCN(c2cccc(F)c2)CC1. The minimum Gasteiger partial charge on any atom is -0.395 e. The van der Waals surface area contributed by atoms with Crippen molar-refractivity contribution in [2.24, 2.45) is 0 Å². The number of β-amino-alcohol motifs (C(OH)–C–C–N with tert-alkyl or cyclic N) is 1. The molecule has 1 saturated heterocycles. The van der Waals surface area contributed by atoms with Crippen molar-refractivity contribution < 1.29 is 9.50 Å². The van der Waals surface area contributed by atoms with Crippen LogP contribution < -0.4 is 4.90 Å². The van der Waals surface area contributed by atoms with Crippen LogP contribution >= 0.6 is 0 Å². The quantitative estimate of drug-likeness (QED) is 0.827. The zero-order valence-electron chi connectivity index (χ0n) is 9.27. The zero-order chi connectivity index (χ0) is 11.4. The highest BCUT2D eigenvalue weighted by atomic mass is 19.1. The molecule has 0 atom stereocenters. The van der Waals surface area contributed by atoms with Crippen molar-refractivity contribution in [3.8, 4) is 0 Å². The molecule has 3 nitrogen and oxygen atoms in total. The summed E-state index contributed by atoms with van der Waals surface area (Å²) in [6.45, 7) is 4.58. The van der Waals surface area contributed by atoms with E-state index in [9.17, 15) is 4.39 Å². The number of anilines is 1. The average molecular weight is 224 g/mol. The molecule has 0 saturated carbocycles. The first-order chi connectivity index (χ1) is 7.79. The number of aliphatic hydroxyl groups excluding tert-OH is 1. The Labute approximate surface area is 95.1 Å². The molecule has 0 spiro atoms. The van der Waals surface area contributed by atoms with Gasteiger partial charge in [0.15, 0.2) is 0 Å². The maximum Gasteiger partial charge on any atom is 0.125 e. The summed E-state index contributed by atoms with van der Waals surface area (Å²) in [6.07, 6.45) is 0. The molecule has 1 N–H and O–H groups in total. The van der Waals surface area contributed by atoms with Crippen molar-refractivity contribution in [2.45, 2.75) is 0 Å². The summed E-state index contributed by atoms with van der Waals surface area (Å²) in [6, 6.07) is 6.71. The summed E-state index contributed by atoms with van der Waals surface area (Å²) in [5.41, 5.74) is 0.948. The first-order valence-corrected chi connectivity index (χ1v) is 5.63. The van der Waals surface area contributed by atoms with Crippen LogP contribution in [-0.2, 0) is 0 Å². The molecule has 1 aliphatic rings. The van der Waals surface area contributed by atoms with Gasteiger partial charge in [-0.25, -0.2) is 4.39 Å². The minimum absolute atomic E-state index is 0.185. The fourth-order valence-corrected chi connectivity index (χ4v) is 2.04. The highest BCUT2D eigenvalue weighted by molar-refractivity contribution is 5.46. The van der Waals surface area contributed by atoms with Gasteiger partial charge in [0.25, 0.3) is 0 Å². The second-order valence-corrected chi connectivity index (χ2v) is 4.03. The van der Waals surface area contributed by atoms with E-state index in [1.54, 1.807) is 12.1 Å². The lowest BCUT2D eigenvalue weighted by Crippen LogP contribution is -2.47. The van der Waals surface area contributed by atoms with E-state index in [0.29, 0.717) is 0 Å². The van der Waals surface area contributed by atoms with Crippen LogP contribution in [0.3, 0.4) is 0 Å². The Morgan fingerprint density at radius 2 is 1.94 bits per heavy atom. The fraction of sp³-hybridized carbons (Fsp3) is 0.500. The van der Waals surface area contributed by atoms with Gasteiger partial charge < -0.3 is 10.0 Å². The number of halogens is 1. The summed E-state index contributed by atoms with van der Waals surface area (Å²) in [4.78, 5) is 4.40. The second kappa shape index (κ2) is 5.27. The Bertz CT molecular complexity index is 338. The van der Waals surface area contributed by atoms with E-state index in [2.05, 4.69) is 9.80 Å². The molecule has 2 rings (SSSR count). The van der Waals surface area contributed by atoms with Crippen LogP contribution in [0.5, 0.6) is 0 Å². The predicted octanol–water partition coefficient (Wildman–Crippen LogP) is 0.940. The van der Waals surface area contributed by atoms with Gasteiger partial charge >= 0.3 is 0 Å². The topological polar surface area (TPSA) is 26.7 Å². The highest BCUT2D eigenvalue weighted by Gasteiger charge is 2.16. The molecule has 1 aromatic carbocycles. The van der Waals surface area contributed by atoms with E-state index < -0.39 is 0 Å². The summed E-state index contributed by atoms with van der Waals surface area (Å²) in [7, 11) is 0. The van der Waals surface area contributed by atoms with Crippen molar-refractivity contribution in [3.63, 3.8) is 0 Å². The smallest absolute Gasteiger partial charge is 0.125 e. The van der Waals surface area contributed by atoms with Crippen LogP contribution in [-0.4, -0.2) is 49.3 Å². The zero-order valence-corrected chi connectivity index (χ0v) is 9.27. The van der Waals surface area contributed by atoms with E-state index in [-0.39, 0.29) is 12.4 Å². The Hall–Kier alpha value is -1.13. The van der Waals surface area contributed by atoms with Crippen molar-refractivity contribution in [3.05, 3.63) is 30.1 Å². The van der Waals surface area contributed by atoms with Crippen molar-refractivity contribution in [1.29, 1.82) is 0 Å². The third-order valence-electron chi connectivity index (χ3n) is 2.96. The molecule has 0 aromatic heterocycles. The monoisotopic (exact) mass is 224 g/mol. The van der Waals surface area contributed by atoms with Gasteiger partial charge in [0.2, 0.25) is 0 Å². The molecular weight excluding hydrogens is 207 g/mol. The predicted molar refractivity (Wildman–Crippen MR) is 62.1 cm³/mol. The maximum absolute atomic E-state index is 13.0. The lowest BCUT2D eigenvalue weighted by Gasteiger charge is -2.35. The van der Waals surface area contributed by atoms with E-state index >= 15 is 0 Å². The Morgan fingerprint density at radius 3 is 2.56 bits per heavy atom. The van der Waals surface area contributed by atoms with Gasteiger partial charge in [-0.3, -0.25) is 4.90 Å². The highest BCUT2D eigenvalue weighted by Crippen LogP contribution is 2.17. The lowest BCUT2D eigenvalue weighted by atomic mass is 10.2. The maximum atomic E-state index is 13.0. The van der Waals surface area contributed by atoms with Crippen molar-refractivity contribution in [1.82, 2.24) is 4.90 Å². The van der Waals surface area contributed by atoms with E-state index in [0.717, 1.165) is 38.4 Å². The van der Waals surface area contributed by atoms with Crippen LogP contribution in [0.2, 0.25) is 0 Å². The molecule has 0 unspecified atom stereocenters. The molecule has 1 aromatic rings. The Kier molecular flexibility index (Phi) is 3.74. The van der Waals surface area contributed by atoms with Crippen LogP contribution in [0.25, 0.3) is 0 Å². The molecule has 0 radical (unpaired) electrons. The number of piperazine rings is 1. The van der Waals surface area contributed by atoms with E-state index in [1.165, 1.54) is 6.07 Å². The first-order valence-electron chi connectivity index (χ1n) is 5.63. The summed E-state index contributed by atoms with van der Waals surface area (Å²) >= 11 is 0. The van der Waals surface area contributed by atoms with E-state index in [4.69, 9.17) is 5.11 Å². The first kappa shape index (κ1) is 11.4. The third-order valence-corrected chi connectivity index (χ3v) is 2.96. The molecule has 1 fully saturated rings. The van der Waals surface area contributed by atoms with Crippen molar-refractivity contribution in [2.75, 3.05) is 44.2 Å². The molecule has 16 heavy (non-hydrogen) atoms. The van der Waals surface area contributed by atoms with Crippen LogP contribution in [0, 0.1) is 5.82 Å². The Morgan fingerprint density at radius 1 is 1.19 bits per heavy atom. The van der Waals surface area contributed by atoms with Gasteiger partial charge in [-0.2, -0.15) is 0 Å². The summed E-state index contributed by atoms with van der Waals surface area (Å²) in [5, 5.41) is 8.83. The normalized spacial score (nSPS) is 17.8. The van der Waals surface area contributed by atoms with E-state index in [1.807, 2.05) is 6.07 Å². The minimum atomic E-state index is -0.185. The van der Waals surface area contributed by atoms with Crippen LogP contribution in [0.15, 0.2) is 24.3 Å². The van der Waals surface area contributed by atoms with Crippen LogP contribution in [0.4, 0.5) is 10.1 Å². The van der Waals surface area contributed by atoms with Gasteiger partial charge in [0.05, 0.1) is 6.61 Å². The second-order valence-electron chi connectivity index (χ2n) is 4.03. The molecule has 0 bridgehead atoms. The summed E-state index contributed by atoms with van der Waals surface area (Å²) < 4.78 is 13.0. The van der Waals surface area contributed by atoms with Gasteiger partial charge in [-0.1, -0.05) is 6.07 Å². The van der Waals surface area contributed by atoms with Gasteiger partial charge in [-0.15, -0.1) is 0 Å². The molecule has 4 heteroatoms. The number of hydrogen-bond acceptors (Lipinski definition) is 3. The molecule has 88 valence electrons. The Balaban J connectivity index is 1.94. The number of aliphatic hydroxyl groups is 1. The number of rotatable bonds is 3. The lowest BCUT2D eigenvalue weighted by molar-refractivity contribution is 0.189. The van der Waals surface area contributed by atoms with Crippen LogP contribution in [0.1, 0.15) is 0 Å². The number of nitrogens with zero attached hydrogens (tertiary/aromatic N) is 2. The number of hydrogen-bond donors (Lipinski definition) is 1. The standard InChI is InChI=1S/C12H17FN2O/c13-11-2-1-3-12(10-11)15-6-4-14(5-7-15)8-9-16/h1-3,10,16H,4-9H2. The fourth-order valence-electron chi connectivity index (χ4n) is 2.04. The summed E-state index contributed by atoms with van der Waals surface area (Å²) in [5.74, 6) is -0.185. The number of benzene rings is 1. The average Bonchev–Trinajstić information content (AvgIpc) is 2.30.